The highest BCUT2D eigenvalue weighted by Crippen LogP contribution is 2.43. The fourth-order valence-electron chi connectivity index (χ4n) is 3.35. The van der Waals surface area contributed by atoms with Gasteiger partial charge in [-0.3, -0.25) is 4.79 Å². The molecule has 1 aromatic heterocycles. The second kappa shape index (κ2) is 7.86. The number of aliphatic hydroxyl groups excluding tert-OH is 1. The van der Waals surface area contributed by atoms with Gasteiger partial charge in [-0.1, -0.05) is 29.8 Å². The average molecular weight is 464 g/mol. The lowest BCUT2D eigenvalue weighted by Crippen LogP contribution is -2.30. The van der Waals surface area contributed by atoms with Crippen molar-refractivity contribution in [3.8, 4) is 0 Å². The molecule has 9 heteroatoms. The van der Waals surface area contributed by atoms with Crippen LogP contribution in [0, 0.1) is 5.82 Å². The monoisotopic (exact) mass is 463 g/mol. The van der Waals surface area contributed by atoms with E-state index in [1.54, 1.807) is 0 Å². The van der Waals surface area contributed by atoms with Crippen LogP contribution in [0.15, 0.2) is 81.6 Å². The van der Waals surface area contributed by atoms with Gasteiger partial charge in [0.25, 0.3) is 5.91 Å². The van der Waals surface area contributed by atoms with Crippen LogP contribution in [0.1, 0.15) is 16.5 Å². The van der Waals surface area contributed by atoms with Crippen molar-refractivity contribution in [2.75, 3.05) is 0 Å². The minimum Gasteiger partial charge on any atom is -0.502 e. The molecule has 30 heavy (non-hydrogen) atoms. The first kappa shape index (κ1) is 20.6. The maximum atomic E-state index is 13.5. The summed E-state index contributed by atoms with van der Waals surface area (Å²) in [5.41, 5.74) is 0.373. The lowest BCUT2D eigenvalue weighted by atomic mass is 10.1. The highest BCUT2D eigenvalue weighted by atomic mass is 35.5. The van der Waals surface area contributed by atoms with E-state index in [0.717, 1.165) is 4.88 Å². The van der Waals surface area contributed by atoms with Crippen molar-refractivity contribution in [1.82, 2.24) is 4.90 Å². The van der Waals surface area contributed by atoms with Crippen LogP contribution >= 0.6 is 22.9 Å². The van der Waals surface area contributed by atoms with Crippen LogP contribution in [0.3, 0.4) is 0 Å². The smallest absolute Gasteiger partial charge is 0.290 e. The fraction of sp³-hybridized carbons (Fsp3) is 0.0952. The summed E-state index contributed by atoms with van der Waals surface area (Å²) in [5, 5.41) is 12.8. The molecule has 0 bridgehead atoms. The quantitative estimate of drug-likeness (QED) is 0.586. The minimum absolute atomic E-state index is 0.0994. The van der Waals surface area contributed by atoms with Crippen molar-refractivity contribution in [2.45, 2.75) is 17.5 Å². The second-order valence-electron chi connectivity index (χ2n) is 6.64. The Hall–Kier alpha value is -2.68. The summed E-state index contributed by atoms with van der Waals surface area (Å²) in [6.07, 6.45) is 0. The number of nitrogens with zero attached hydrogens (tertiary/aromatic N) is 1. The average Bonchev–Trinajstić information content (AvgIpc) is 3.31. The molecule has 0 spiro atoms. The van der Waals surface area contributed by atoms with Crippen molar-refractivity contribution in [2.24, 2.45) is 0 Å². The van der Waals surface area contributed by atoms with E-state index >= 15 is 0 Å². The van der Waals surface area contributed by atoms with Gasteiger partial charge in [0.15, 0.2) is 5.76 Å². The number of rotatable bonds is 5. The molecule has 0 radical (unpaired) electrons. The SMILES string of the molecule is O=C1C(O)=C(S(=O)(=O)c2ccc(Cl)cc2)[C@@H](c2ccc(F)cc2)N1Cc1cccs1. The van der Waals surface area contributed by atoms with Crippen LogP contribution in [-0.4, -0.2) is 24.3 Å². The Morgan fingerprint density at radius 2 is 1.73 bits per heavy atom. The highest BCUT2D eigenvalue weighted by Gasteiger charge is 2.46. The molecule has 4 rings (SSSR count). The number of benzene rings is 2. The van der Waals surface area contributed by atoms with Crippen molar-refractivity contribution in [3.63, 3.8) is 0 Å². The molecule has 0 fully saturated rings. The first-order chi connectivity index (χ1) is 14.3. The first-order valence-electron chi connectivity index (χ1n) is 8.81. The minimum atomic E-state index is -4.24. The van der Waals surface area contributed by atoms with E-state index in [1.807, 2.05) is 17.5 Å². The number of hydrogen-bond acceptors (Lipinski definition) is 5. The van der Waals surface area contributed by atoms with Crippen LogP contribution in [0.4, 0.5) is 4.39 Å². The molecule has 0 aliphatic carbocycles. The maximum absolute atomic E-state index is 13.5. The van der Waals surface area contributed by atoms with Gasteiger partial charge in [-0.15, -0.1) is 11.3 Å². The molecule has 2 heterocycles. The summed E-state index contributed by atoms with van der Waals surface area (Å²) in [6, 6.07) is 13.2. The van der Waals surface area contributed by atoms with E-state index in [0.29, 0.717) is 10.6 Å². The van der Waals surface area contributed by atoms with E-state index in [4.69, 9.17) is 11.6 Å². The van der Waals surface area contributed by atoms with E-state index in [2.05, 4.69) is 0 Å². The zero-order valence-corrected chi connectivity index (χ0v) is 17.7. The van der Waals surface area contributed by atoms with Gasteiger partial charge in [-0.2, -0.15) is 0 Å². The largest absolute Gasteiger partial charge is 0.502 e. The van der Waals surface area contributed by atoms with E-state index < -0.39 is 38.3 Å². The molecule has 0 unspecified atom stereocenters. The molecule has 1 aliphatic heterocycles. The molecular weight excluding hydrogens is 449 g/mol. The van der Waals surface area contributed by atoms with Gasteiger partial charge in [0.2, 0.25) is 9.84 Å². The van der Waals surface area contributed by atoms with Crippen molar-refractivity contribution >= 4 is 38.7 Å². The van der Waals surface area contributed by atoms with E-state index in [-0.39, 0.29) is 11.4 Å². The van der Waals surface area contributed by atoms with Gasteiger partial charge in [-0.05, 0) is 53.4 Å². The predicted octanol–water partition coefficient (Wildman–Crippen LogP) is 4.87. The lowest BCUT2D eigenvalue weighted by Gasteiger charge is -2.26. The Morgan fingerprint density at radius 1 is 1.07 bits per heavy atom. The molecule has 1 aliphatic rings. The Bertz CT molecular complexity index is 1220. The summed E-state index contributed by atoms with van der Waals surface area (Å²) in [7, 11) is -4.24. The van der Waals surface area contributed by atoms with Gasteiger partial charge in [0.1, 0.15) is 10.7 Å². The van der Waals surface area contributed by atoms with Gasteiger partial charge >= 0.3 is 0 Å². The summed E-state index contributed by atoms with van der Waals surface area (Å²) in [4.78, 5) is 14.4. The molecule has 3 aromatic rings. The molecule has 154 valence electrons. The van der Waals surface area contributed by atoms with Crippen molar-refractivity contribution in [1.29, 1.82) is 0 Å². The van der Waals surface area contributed by atoms with Gasteiger partial charge in [0.05, 0.1) is 17.5 Å². The number of hydrogen-bond donors (Lipinski definition) is 1. The van der Waals surface area contributed by atoms with Crippen LogP contribution in [-0.2, 0) is 21.2 Å². The molecule has 2 aromatic carbocycles. The zero-order chi connectivity index (χ0) is 21.5. The first-order valence-corrected chi connectivity index (χ1v) is 11.6. The lowest BCUT2D eigenvalue weighted by molar-refractivity contribution is -0.130. The predicted molar refractivity (Wildman–Crippen MR) is 112 cm³/mol. The molecule has 1 N–H and O–H groups in total. The topological polar surface area (TPSA) is 74.7 Å². The third kappa shape index (κ3) is 3.62. The van der Waals surface area contributed by atoms with Gasteiger partial charge < -0.3 is 10.0 Å². The summed E-state index contributed by atoms with van der Waals surface area (Å²) >= 11 is 7.26. The zero-order valence-electron chi connectivity index (χ0n) is 15.3. The number of halogens is 2. The van der Waals surface area contributed by atoms with E-state index in [9.17, 15) is 22.7 Å². The fourth-order valence-corrected chi connectivity index (χ4v) is 5.83. The standard InChI is InChI=1S/C21H15ClFNO4S2/c22-14-5-9-17(10-6-14)30(27,28)20-18(13-3-7-15(23)8-4-13)24(21(26)19(20)25)12-16-2-1-11-29-16/h1-11,18,25H,12H2/t18-/m1/s1. The molecular formula is C21H15ClFNO4S2. The maximum Gasteiger partial charge on any atom is 0.290 e. The normalized spacial score (nSPS) is 17.1. The summed E-state index contributed by atoms with van der Waals surface area (Å²) in [5.74, 6) is -2.13. The summed E-state index contributed by atoms with van der Waals surface area (Å²) < 4.78 is 40.3. The van der Waals surface area contributed by atoms with Crippen LogP contribution in [0.5, 0.6) is 0 Å². The Balaban J connectivity index is 1.86. The van der Waals surface area contributed by atoms with Crippen molar-refractivity contribution in [3.05, 3.63) is 98.0 Å². The number of aliphatic hydroxyl groups is 1. The number of sulfone groups is 1. The number of carbonyl (C=O) groups excluding carboxylic acids is 1. The third-order valence-electron chi connectivity index (χ3n) is 4.76. The van der Waals surface area contributed by atoms with Crippen LogP contribution in [0.2, 0.25) is 5.02 Å². The molecule has 1 atom stereocenters. The van der Waals surface area contributed by atoms with Crippen LogP contribution in [0.25, 0.3) is 0 Å². The van der Waals surface area contributed by atoms with Gasteiger partial charge in [0, 0.05) is 9.90 Å². The highest BCUT2D eigenvalue weighted by molar-refractivity contribution is 7.95. The number of carbonyl (C=O) groups is 1. The van der Waals surface area contributed by atoms with Crippen LogP contribution < -0.4 is 0 Å². The second-order valence-corrected chi connectivity index (χ2v) is 10.0. The van der Waals surface area contributed by atoms with E-state index in [1.165, 1.54) is 64.8 Å². The third-order valence-corrected chi connectivity index (χ3v) is 7.76. The number of thiophene rings is 1. The molecule has 0 saturated heterocycles. The molecule has 0 saturated carbocycles. The van der Waals surface area contributed by atoms with Gasteiger partial charge in [-0.25, -0.2) is 12.8 Å². The summed E-state index contributed by atoms with van der Waals surface area (Å²) in [6.45, 7) is 0.0994. The molecule has 5 nitrogen and oxygen atoms in total. The Kier molecular flexibility index (Phi) is 5.40. The van der Waals surface area contributed by atoms with Crippen molar-refractivity contribution < 1.29 is 22.7 Å². The Labute approximate surface area is 181 Å². The Morgan fingerprint density at radius 3 is 2.33 bits per heavy atom. The number of amides is 1. The molecule has 1 amide bonds.